The van der Waals surface area contributed by atoms with Crippen LogP contribution in [0.15, 0.2) is 176 Å². The quantitative estimate of drug-likeness (QED) is 0.185. The zero-order chi connectivity index (χ0) is 35.4. The Morgan fingerprint density at radius 3 is 1.78 bits per heavy atom. The Morgan fingerprint density at radius 2 is 1.00 bits per heavy atom. The SMILES string of the molecule is c1ccc(-c2nc(-c3ccc4c(c3)-c3cccc5cccc-4c35)nnc2-c2ccc3c(c2)C2(c4ccccc4O3)c3ccccc3-c3ccccc32)cc1. The van der Waals surface area contributed by atoms with E-state index in [4.69, 9.17) is 19.9 Å². The van der Waals surface area contributed by atoms with Crippen LogP contribution >= 0.6 is 0 Å². The van der Waals surface area contributed by atoms with Crippen molar-refractivity contribution in [1.82, 2.24) is 15.2 Å². The Hall–Kier alpha value is -7.17. The van der Waals surface area contributed by atoms with E-state index in [0.29, 0.717) is 5.82 Å². The summed E-state index contributed by atoms with van der Waals surface area (Å²) in [7, 11) is 0. The van der Waals surface area contributed by atoms with Gasteiger partial charge in [-0.15, -0.1) is 10.2 Å². The van der Waals surface area contributed by atoms with Gasteiger partial charge in [0.15, 0.2) is 5.82 Å². The Morgan fingerprint density at radius 1 is 0.370 bits per heavy atom. The average Bonchev–Trinajstić information content (AvgIpc) is 3.72. The zero-order valence-electron chi connectivity index (χ0n) is 29.0. The first-order valence-corrected chi connectivity index (χ1v) is 18.4. The van der Waals surface area contributed by atoms with Crippen molar-refractivity contribution in [3.63, 3.8) is 0 Å². The predicted molar refractivity (Wildman–Crippen MR) is 215 cm³/mol. The topological polar surface area (TPSA) is 47.9 Å². The molecule has 4 nitrogen and oxygen atoms in total. The lowest BCUT2D eigenvalue weighted by molar-refractivity contribution is 0.436. The molecule has 0 fully saturated rings. The predicted octanol–water partition coefficient (Wildman–Crippen LogP) is 12.1. The van der Waals surface area contributed by atoms with Crippen LogP contribution in [0.3, 0.4) is 0 Å². The van der Waals surface area contributed by atoms with Crippen LogP contribution in [-0.4, -0.2) is 15.2 Å². The van der Waals surface area contributed by atoms with Gasteiger partial charge in [0.2, 0.25) is 0 Å². The van der Waals surface area contributed by atoms with Crippen molar-refractivity contribution in [2.24, 2.45) is 0 Å². The van der Waals surface area contributed by atoms with Gasteiger partial charge in [-0.1, -0.05) is 146 Å². The summed E-state index contributed by atoms with van der Waals surface area (Å²) in [5.41, 5.74) is 15.9. The van der Waals surface area contributed by atoms with E-state index in [1.54, 1.807) is 0 Å². The molecule has 0 bridgehead atoms. The van der Waals surface area contributed by atoms with Gasteiger partial charge in [0.05, 0.1) is 5.41 Å². The van der Waals surface area contributed by atoms with Crippen LogP contribution in [0.25, 0.3) is 78.1 Å². The van der Waals surface area contributed by atoms with E-state index in [9.17, 15) is 0 Å². The standard InChI is InChI=1S/C50H29N3O/c1-2-12-31(13-3-1)47-48(52-53-49(51-47)33-24-26-34-37-18-10-14-30-15-11-19-38(46(30)37)39(34)28-33)32-25-27-45-43(29-32)50(42-22-8-9-23-44(42)54-45)40-20-6-4-16-35(40)36-17-5-7-21-41(36)50/h1-29H. The van der Waals surface area contributed by atoms with Gasteiger partial charge in [0.1, 0.15) is 22.9 Å². The molecule has 1 spiro atoms. The van der Waals surface area contributed by atoms with Gasteiger partial charge in [0, 0.05) is 27.8 Å². The maximum Gasteiger partial charge on any atom is 0.182 e. The fraction of sp³-hybridized carbons (Fsp3) is 0.0200. The van der Waals surface area contributed by atoms with E-state index in [2.05, 4.69) is 152 Å². The van der Waals surface area contributed by atoms with E-state index in [1.165, 1.54) is 55.3 Å². The van der Waals surface area contributed by atoms with Crippen LogP contribution in [0.4, 0.5) is 0 Å². The van der Waals surface area contributed by atoms with E-state index in [1.807, 2.05) is 24.3 Å². The van der Waals surface area contributed by atoms with Crippen LogP contribution in [0.2, 0.25) is 0 Å². The Labute approximate surface area is 312 Å². The summed E-state index contributed by atoms with van der Waals surface area (Å²) >= 11 is 0. The highest BCUT2D eigenvalue weighted by Crippen LogP contribution is 2.62. The summed E-state index contributed by atoms with van der Waals surface area (Å²) in [6, 6.07) is 62.4. The summed E-state index contributed by atoms with van der Waals surface area (Å²) in [5.74, 6) is 2.29. The second kappa shape index (κ2) is 10.9. The largest absolute Gasteiger partial charge is 0.457 e. The van der Waals surface area contributed by atoms with E-state index >= 15 is 0 Å². The molecule has 2 heterocycles. The fourth-order valence-corrected chi connectivity index (χ4v) is 9.37. The monoisotopic (exact) mass is 687 g/mol. The number of para-hydroxylation sites is 1. The third kappa shape index (κ3) is 3.89. The second-order valence-corrected chi connectivity index (χ2v) is 14.3. The van der Waals surface area contributed by atoms with Gasteiger partial charge in [-0.25, -0.2) is 4.98 Å². The molecule has 12 rings (SSSR count). The molecule has 1 aromatic heterocycles. The molecule has 0 atom stereocenters. The number of hydrogen-bond acceptors (Lipinski definition) is 4. The summed E-state index contributed by atoms with van der Waals surface area (Å²) in [6.45, 7) is 0. The van der Waals surface area contributed by atoms with Gasteiger partial charge in [0.25, 0.3) is 0 Å². The molecule has 0 amide bonds. The van der Waals surface area contributed by atoms with Crippen LogP contribution in [0.5, 0.6) is 11.5 Å². The number of fused-ring (bicyclic) bond motifs is 12. The average molecular weight is 688 g/mol. The first kappa shape index (κ1) is 29.4. The minimum absolute atomic E-state index is 0.577. The molecule has 0 unspecified atom stereocenters. The summed E-state index contributed by atoms with van der Waals surface area (Å²) < 4.78 is 6.71. The van der Waals surface area contributed by atoms with Crippen LogP contribution < -0.4 is 4.74 Å². The molecule has 1 aliphatic heterocycles. The van der Waals surface area contributed by atoms with Gasteiger partial charge in [-0.2, -0.15) is 0 Å². The molecule has 54 heavy (non-hydrogen) atoms. The molecule has 3 aliphatic rings. The Balaban J connectivity index is 1.06. The highest BCUT2D eigenvalue weighted by Gasteiger charge is 2.51. The fourth-order valence-electron chi connectivity index (χ4n) is 9.37. The summed E-state index contributed by atoms with van der Waals surface area (Å²) in [6.07, 6.45) is 0. The van der Waals surface area contributed by atoms with E-state index in [-0.39, 0.29) is 0 Å². The lowest BCUT2D eigenvalue weighted by atomic mass is 9.66. The minimum Gasteiger partial charge on any atom is -0.457 e. The lowest BCUT2D eigenvalue weighted by Gasteiger charge is -2.39. The van der Waals surface area contributed by atoms with Crippen LogP contribution in [-0.2, 0) is 5.41 Å². The van der Waals surface area contributed by atoms with Crippen molar-refractivity contribution in [2.45, 2.75) is 5.41 Å². The van der Waals surface area contributed by atoms with Crippen molar-refractivity contribution in [3.8, 4) is 78.8 Å². The highest BCUT2D eigenvalue weighted by molar-refractivity contribution is 6.15. The smallest absolute Gasteiger partial charge is 0.182 e. The molecule has 8 aromatic carbocycles. The van der Waals surface area contributed by atoms with Crippen LogP contribution in [0.1, 0.15) is 22.3 Å². The van der Waals surface area contributed by atoms with E-state index in [0.717, 1.165) is 50.7 Å². The number of benzene rings is 8. The van der Waals surface area contributed by atoms with Crippen molar-refractivity contribution in [3.05, 3.63) is 198 Å². The number of hydrogen-bond donors (Lipinski definition) is 0. The summed E-state index contributed by atoms with van der Waals surface area (Å²) in [4.78, 5) is 5.32. The van der Waals surface area contributed by atoms with Crippen LogP contribution in [0, 0.1) is 0 Å². The van der Waals surface area contributed by atoms with Gasteiger partial charge in [-0.05, 0) is 85.6 Å². The zero-order valence-corrected chi connectivity index (χ0v) is 29.0. The molecule has 9 aromatic rings. The number of ether oxygens (including phenoxy) is 1. The highest BCUT2D eigenvalue weighted by atomic mass is 16.5. The van der Waals surface area contributed by atoms with Gasteiger partial charge >= 0.3 is 0 Å². The molecule has 0 radical (unpaired) electrons. The third-order valence-corrected chi connectivity index (χ3v) is 11.6. The van der Waals surface area contributed by atoms with Crippen molar-refractivity contribution < 1.29 is 4.74 Å². The third-order valence-electron chi connectivity index (χ3n) is 11.6. The van der Waals surface area contributed by atoms with Crippen molar-refractivity contribution in [2.75, 3.05) is 0 Å². The molecular weight excluding hydrogens is 659 g/mol. The van der Waals surface area contributed by atoms with Gasteiger partial charge in [-0.3, -0.25) is 0 Å². The van der Waals surface area contributed by atoms with Gasteiger partial charge < -0.3 is 4.74 Å². The molecule has 250 valence electrons. The Bertz CT molecular complexity index is 2990. The lowest BCUT2D eigenvalue weighted by Crippen LogP contribution is -2.32. The normalized spacial score (nSPS) is 13.5. The maximum atomic E-state index is 6.71. The van der Waals surface area contributed by atoms with Crippen molar-refractivity contribution >= 4 is 10.8 Å². The second-order valence-electron chi connectivity index (χ2n) is 14.3. The number of nitrogens with zero attached hydrogens (tertiary/aromatic N) is 3. The first-order valence-electron chi connectivity index (χ1n) is 18.4. The molecule has 2 aliphatic carbocycles. The van der Waals surface area contributed by atoms with Crippen molar-refractivity contribution in [1.29, 1.82) is 0 Å². The minimum atomic E-state index is -0.577. The Kier molecular flexibility index (Phi) is 5.95. The summed E-state index contributed by atoms with van der Waals surface area (Å²) in [5, 5.41) is 12.4. The molecule has 0 N–H and O–H groups in total. The molecule has 0 saturated heterocycles. The number of aromatic nitrogens is 3. The number of rotatable bonds is 3. The van der Waals surface area contributed by atoms with E-state index < -0.39 is 5.41 Å². The molecule has 0 saturated carbocycles. The molecule has 4 heteroatoms. The first-order chi connectivity index (χ1) is 26.8. The molecular formula is C50H29N3O. The maximum absolute atomic E-state index is 6.71.